The van der Waals surface area contributed by atoms with Crippen molar-refractivity contribution < 1.29 is 4.43 Å². The third-order valence-corrected chi connectivity index (χ3v) is 4.14. The fourth-order valence-electron chi connectivity index (χ4n) is 2.36. The van der Waals surface area contributed by atoms with E-state index in [9.17, 15) is 0 Å². The van der Waals surface area contributed by atoms with Gasteiger partial charge in [0.15, 0.2) is 0 Å². The first-order valence-electron chi connectivity index (χ1n) is 6.99. The molecular weight excluding hydrogens is 248 g/mol. The Morgan fingerprint density at radius 1 is 0.842 bits per heavy atom. The van der Waals surface area contributed by atoms with E-state index in [4.69, 9.17) is 4.43 Å². The SMILES string of the molecule is [SiH3]OC(CCCc1ccccc1)Cc1ccccc1. The molecule has 100 valence electrons. The van der Waals surface area contributed by atoms with Gasteiger partial charge in [-0.05, 0) is 36.8 Å². The first kappa shape index (κ1) is 14.0. The van der Waals surface area contributed by atoms with Gasteiger partial charge in [-0.2, -0.15) is 0 Å². The lowest BCUT2D eigenvalue weighted by Gasteiger charge is -2.16. The second-order valence-corrected chi connectivity index (χ2v) is 5.40. The van der Waals surface area contributed by atoms with Crippen LogP contribution in [0.25, 0.3) is 0 Å². The van der Waals surface area contributed by atoms with Crippen molar-refractivity contribution in [1.29, 1.82) is 0 Å². The van der Waals surface area contributed by atoms with Crippen LogP contribution in [-0.4, -0.2) is 16.6 Å². The lowest BCUT2D eigenvalue weighted by atomic mass is 10.0. The second kappa shape index (κ2) is 7.92. The zero-order chi connectivity index (χ0) is 13.3. The summed E-state index contributed by atoms with van der Waals surface area (Å²) in [6, 6.07) is 21.3. The summed E-state index contributed by atoms with van der Waals surface area (Å²) >= 11 is 0. The Morgan fingerprint density at radius 3 is 2.00 bits per heavy atom. The van der Waals surface area contributed by atoms with Gasteiger partial charge in [-0.3, -0.25) is 0 Å². The maximum atomic E-state index is 5.73. The number of benzene rings is 2. The van der Waals surface area contributed by atoms with E-state index in [1.165, 1.54) is 17.5 Å². The maximum Gasteiger partial charge on any atom is 0.146 e. The van der Waals surface area contributed by atoms with Crippen molar-refractivity contribution in [3.05, 3.63) is 71.8 Å². The summed E-state index contributed by atoms with van der Waals surface area (Å²) in [5.41, 5.74) is 2.80. The van der Waals surface area contributed by atoms with Crippen molar-refractivity contribution >= 4 is 10.5 Å². The molecule has 2 heteroatoms. The molecule has 0 N–H and O–H groups in total. The van der Waals surface area contributed by atoms with Gasteiger partial charge in [0.2, 0.25) is 0 Å². The molecule has 0 bridgehead atoms. The first-order chi connectivity index (χ1) is 9.38. The molecule has 0 aromatic heterocycles. The van der Waals surface area contributed by atoms with Crippen LogP contribution >= 0.6 is 0 Å². The van der Waals surface area contributed by atoms with Crippen LogP contribution in [0, 0.1) is 0 Å². The fourth-order valence-corrected chi connectivity index (χ4v) is 2.76. The predicted molar refractivity (Wildman–Crippen MR) is 84.3 cm³/mol. The van der Waals surface area contributed by atoms with Gasteiger partial charge in [-0.1, -0.05) is 60.7 Å². The molecule has 1 nitrogen and oxygen atoms in total. The predicted octanol–water partition coefficient (Wildman–Crippen LogP) is 2.92. The molecule has 0 aliphatic heterocycles. The Hall–Kier alpha value is -1.38. The lowest BCUT2D eigenvalue weighted by molar-refractivity contribution is 0.207. The summed E-state index contributed by atoms with van der Waals surface area (Å²) in [6.45, 7) is 0. The molecule has 0 heterocycles. The molecule has 0 saturated carbocycles. The molecule has 1 atom stereocenters. The van der Waals surface area contributed by atoms with Gasteiger partial charge in [-0.15, -0.1) is 0 Å². The molecule has 0 amide bonds. The Morgan fingerprint density at radius 2 is 1.42 bits per heavy atom. The van der Waals surface area contributed by atoms with Crippen molar-refractivity contribution in [3.63, 3.8) is 0 Å². The van der Waals surface area contributed by atoms with Crippen LogP contribution in [-0.2, 0) is 17.3 Å². The molecular formula is C17H22OSi. The van der Waals surface area contributed by atoms with Gasteiger partial charge < -0.3 is 4.43 Å². The normalized spacial score (nSPS) is 12.4. The topological polar surface area (TPSA) is 9.23 Å². The fraction of sp³-hybridized carbons (Fsp3) is 0.294. The van der Waals surface area contributed by atoms with Crippen LogP contribution in [0.15, 0.2) is 60.7 Å². The van der Waals surface area contributed by atoms with E-state index >= 15 is 0 Å². The van der Waals surface area contributed by atoms with E-state index in [1.54, 1.807) is 0 Å². The highest BCUT2D eigenvalue weighted by molar-refractivity contribution is 5.98. The van der Waals surface area contributed by atoms with Crippen molar-refractivity contribution in [2.75, 3.05) is 0 Å². The molecule has 19 heavy (non-hydrogen) atoms. The minimum atomic E-state index is 0.387. The summed E-state index contributed by atoms with van der Waals surface area (Å²) in [5.74, 6) is 0. The molecule has 1 unspecified atom stereocenters. The molecule has 0 saturated heterocycles. The second-order valence-electron chi connectivity index (χ2n) is 4.93. The van der Waals surface area contributed by atoms with Crippen LogP contribution in [0.3, 0.4) is 0 Å². The minimum Gasteiger partial charge on any atom is -0.425 e. The zero-order valence-corrected chi connectivity index (χ0v) is 13.6. The van der Waals surface area contributed by atoms with Gasteiger partial charge in [0.1, 0.15) is 10.5 Å². The number of hydrogen-bond acceptors (Lipinski definition) is 1. The monoisotopic (exact) mass is 270 g/mol. The summed E-state index contributed by atoms with van der Waals surface area (Å²) in [4.78, 5) is 0. The average Bonchev–Trinajstić information content (AvgIpc) is 2.48. The number of aryl methyl sites for hydroxylation is 1. The molecule has 0 aliphatic rings. The van der Waals surface area contributed by atoms with E-state index in [-0.39, 0.29) is 0 Å². The molecule has 0 radical (unpaired) electrons. The van der Waals surface area contributed by atoms with Crippen molar-refractivity contribution in [2.45, 2.75) is 31.8 Å². The standard InChI is InChI=1S/C17H22OSi/c19-18-17(14-16-10-5-2-6-11-16)13-7-12-15-8-3-1-4-9-15/h1-6,8-11,17H,7,12-14H2,19H3. The minimum absolute atomic E-state index is 0.387. The number of hydrogen-bond donors (Lipinski definition) is 0. The Kier molecular flexibility index (Phi) is 5.85. The van der Waals surface area contributed by atoms with E-state index < -0.39 is 0 Å². The van der Waals surface area contributed by atoms with E-state index in [1.807, 2.05) is 0 Å². The van der Waals surface area contributed by atoms with Crippen molar-refractivity contribution in [3.8, 4) is 0 Å². The van der Waals surface area contributed by atoms with E-state index in [2.05, 4.69) is 60.7 Å². The van der Waals surface area contributed by atoms with E-state index in [0.29, 0.717) is 6.10 Å². The van der Waals surface area contributed by atoms with Gasteiger partial charge in [0.25, 0.3) is 0 Å². The van der Waals surface area contributed by atoms with Crippen LogP contribution in [0.2, 0.25) is 0 Å². The summed E-state index contributed by atoms with van der Waals surface area (Å²) in [5, 5.41) is 0. The van der Waals surface area contributed by atoms with Gasteiger partial charge >= 0.3 is 0 Å². The van der Waals surface area contributed by atoms with Crippen LogP contribution in [0.4, 0.5) is 0 Å². The van der Waals surface area contributed by atoms with E-state index in [0.717, 1.165) is 29.7 Å². The first-order valence-corrected chi connectivity index (χ1v) is 7.81. The highest BCUT2D eigenvalue weighted by Gasteiger charge is 2.07. The quantitative estimate of drug-likeness (QED) is 0.703. The van der Waals surface area contributed by atoms with Crippen LogP contribution < -0.4 is 0 Å². The van der Waals surface area contributed by atoms with Crippen LogP contribution in [0.1, 0.15) is 24.0 Å². The largest absolute Gasteiger partial charge is 0.425 e. The zero-order valence-electron chi connectivity index (χ0n) is 11.6. The highest BCUT2D eigenvalue weighted by Crippen LogP contribution is 2.12. The van der Waals surface area contributed by atoms with Crippen LogP contribution in [0.5, 0.6) is 0 Å². The summed E-state index contributed by atoms with van der Waals surface area (Å²) in [7, 11) is 0.820. The molecule has 2 aromatic carbocycles. The average molecular weight is 270 g/mol. The molecule has 2 rings (SSSR count). The molecule has 0 fully saturated rings. The Bertz CT molecular complexity index is 455. The smallest absolute Gasteiger partial charge is 0.146 e. The van der Waals surface area contributed by atoms with Gasteiger partial charge in [-0.25, -0.2) is 0 Å². The highest BCUT2D eigenvalue weighted by atomic mass is 28.2. The van der Waals surface area contributed by atoms with Crippen molar-refractivity contribution in [2.24, 2.45) is 0 Å². The van der Waals surface area contributed by atoms with Gasteiger partial charge in [0, 0.05) is 6.10 Å². The lowest BCUT2D eigenvalue weighted by Crippen LogP contribution is -2.15. The van der Waals surface area contributed by atoms with Gasteiger partial charge in [0.05, 0.1) is 0 Å². The summed E-state index contributed by atoms with van der Waals surface area (Å²) < 4.78 is 5.73. The third kappa shape index (κ3) is 5.01. The van der Waals surface area contributed by atoms with Crippen molar-refractivity contribution in [1.82, 2.24) is 0 Å². The Labute approximate surface area is 119 Å². The summed E-state index contributed by atoms with van der Waals surface area (Å²) in [6.07, 6.45) is 4.92. The molecule has 0 aliphatic carbocycles. The third-order valence-electron chi connectivity index (χ3n) is 3.47. The Balaban J connectivity index is 1.77. The molecule has 0 spiro atoms. The molecule has 2 aromatic rings. The maximum absolute atomic E-state index is 5.73. The number of rotatable bonds is 7.